The Morgan fingerprint density at radius 3 is 2.38 bits per heavy atom. The van der Waals surface area contributed by atoms with Gasteiger partial charge in [-0.15, -0.1) is 0 Å². The van der Waals surface area contributed by atoms with Gasteiger partial charge in [0, 0.05) is 16.6 Å². The molecule has 7 aliphatic rings. The smallest absolute Gasteiger partial charge is 0.461 e. The van der Waals surface area contributed by atoms with Gasteiger partial charge in [0.05, 0.1) is 18.6 Å². The molecule has 5 fully saturated rings. The van der Waals surface area contributed by atoms with Crippen molar-refractivity contribution in [2.24, 2.45) is 17.3 Å². The van der Waals surface area contributed by atoms with Crippen molar-refractivity contribution in [3.05, 3.63) is 65.2 Å². The summed E-state index contributed by atoms with van der Waals surface area (Å²) in [5.41, 5.74) is -2.79. The van der Waals surface area contributed by atoms with Crippen LogP contribution in [0.25, 0.3) is 5.76 Å². The van der Waals surface area contributed by atoms with Crippen LogP contribution in [0.4, 0.5) is 4.79 Å². The largest absolute Gasteiger partial charge is 0.509 e. The standard InChI is InChI=1S/C35H36O12/c1-16(2)33-25(45-33)26-35(46-26)32(6)12-11-17-22(18(32)15-21-34(35,44-21)29(33)43-30(38)47-31(3,4)5)24(42-27(17)36)23(19-9-7-13-39-19)41-28(37)20-10-8-14-40-20/h7-10,13-14,16,18,21,25-26,29H,11-12,15H2,1-6H3/b24-23+/t18-,21-,25-,26-,29+,32-,33-,34+,35+/m0/s1. The Balaban J connectivity index is 1.14. The van der Waals surface area contributed by atoms with Crippen molar-refractivity contribution in [2.45, 2.75) is 108 Å². The predicted octanol–water partition coefficient (Wildman–Crippen LogP) is 5.47. The molecule has 2 aromatic rings. The van der Waals surface area contributed by atoms with Gasteiger partial charge in [-0.25, -0.2) is 14.4 Å². The molecule has 0 unspecified atom stereocenters. The molecule has 0 radical (unpaired) electrons. The number of carbonyl (C=O) groups is 3. The lowest BCUT2D eigenvalue weighted by atomic mass is 9.46. The monoisotopic (exact) mass is 648 g/mol. The molecule has 47 heavy (non-hydrogen) atoms. The van der Waals surface area contributed by atoms with E-state index in [9.17, 15) is 14.4 Å². The molecule has 2 aromatic heterocycles. The number of fused-ring (bicyclic) bond motifs is 4. The molecule has 6 heterocycles. The first-order valence-electron chi connectivity index (χ1n) is 16.2. The molecule has 0 bridgehead atoms. The maximum Gasteiger partial charge on any atom is 0.509 e. The van der Waals surface area contributed by atoms with Crippen molar-refractivity contribution in [2.75, 3.05) is 0 Å². The van der Waals surface area contributed by atoms with Crippen molar-refractivity contribution in [1.29, 1.82) is 0 Å². The minimum Gasteiger partial charge on any atom is -0.461 e. The Morgan fingerprint density at radius 1 is 1.00 bits per heavy atom. The maximum atomic E-state index is 13.5. The highest BCUT2D eigenvalue weighted by Gasteiger charge is 3.01. The van der Waals surface area contributed by atoms with Crippen LogP contribution in [0.15, 0.2) is 62.5 Å². The zero-order valence-corrected chi connectivity index (χ0v) is 26.9. The molecule has 0 amide bonds. The van der Waals surface area contributed by atoms with Crippen LogP contribution in [0.2, 0.25) is 0 Å². The Bertz CT molecular complexity index is 1780. The summed E-state index contributed by atoms with van der Waals surface area (Å²) in [5.74, 6) is -1.22. The molecule has 12 heteroatoms. The van der Waals surface area contributed by atoms with Crippen molar-refractivity contribution < 1.29 is 56.4 Å². The highest BCUT2D eigenvalue weighted by atomic mass is 16.8. The molecule has 0 N–H and O–H groups in total. The zero-order valence-electron chi connectivity index (χ0n) is 26.9. The van der Waals surface area contributed by atoms with E-state index in [2.05, 4.69) is 20.8 Å². The fraction of sp³-hybridized carbons (Fsp3) is 0.571. The van der Waals surface area contributed by atoms with Crippen LogP contribution in [-0.4, -0.2) is 64.9 Å². The average Bonchev–Trinajstić information content (AvgIpc) is 3.90. The molecular weight excluding hydrogens is 612 g/mol. The van der Waals surface area contributed by atoms with Gasteiger partial charge in [-0.05, 0) is 76.1 Å². The molecule has 2 saturated carbocycles. The Hall–Kier alpha value is -3.87. The predicted molar refractivity (Wildman–Crippen MR) is 157 cm³/mol. The van der Waals surface area contributed by atoms with Gasteiger partial charge in [0.15, 0.2) is 23.2 Å². The Kier molecular flexibility index (Phi) is 5.59. The van der Waals surface area contributed by atoms with Crippen LogP contribution in [0.3, 0.4) is 0 Å². The number of hydrogen-bond acceptors (Lipinski definition) is 12. The summed E-state index contributed by atoms with van der Waals surface area (Å²) in [4.78, 5) is 39.8. The summed E-state index contributed by atoms with van der Waals surface area (Å²) in [6, 6.07) is 6.36. The van der Waals surface area contributed by atoms with Crippen molar-refractivity contribution in [3.8, 4) is 0 Å². The van der Waals surface area contributed by atoms with Gasteiger partial charge >= 0.3 is 18.1 Å². The molecule has 3 aliphatic carbocycles. The normalized spacial score (nSPS) is 41.3. The van der Waals surface area contributed by atoms with Crippen LogP contribution in [-0.2, 0) is 38.0 Å². The van der Waals surface area contributed by atoms with E-state index < -0.39 is 52.0 Å². The van der Waals surface area contributed by atoms with E-state index in [1.807, 2.05) is 0 Å². The van der Waals surface area contributed by atoms with E-state index in [-0.39, 0.29) is 53.2 Å². The minimum absolute atomic E-state index is 0.00245. The van der Waals surface area contributed by atoms with Gasteiger partial charge in [-0.1, -0.05) is 20.8 Å². The lowest BCUT2D eigenvalue weighted by Crippen LogP contribution is -2.70. The summed E-state index contributed by atoms with van der Waals surface area (Å²) < 4.78 is 54.7. The SMILES string of the molecule is CC(C)[C@]12O[C@H]1[C@@H]1O[C@]13[C@]1(O[C@H]1C[C@H]1C4=C(CC[C@@]13C)C(=O)O/C4=C(/OC(=O)c1ccco1)c1ccco1)[C@@H]2OC(=O)OC(C)(C)C. The third-order valence-corrected chi connectivity index (χ3v) is 11.5. The number of rotatable bonds is 5. The van der Waals surface area contributed by atoms with Crippen LogP contribution in [0.1, 0.15) is 77.1 Å². The van der Waals surface area contributed by atoms with Crippen LogP contribution in [0.5, 0.6) is 0 Å². The summed E-state index contributed by atoms with van der Waals surface area (Å²) >= 11 is 0. The third-order valence-electron chi connectivity index (χ3n) is 11.5. The van der Waals surface area contributed by atoms with Crippen molar-refractivity contribution in [3.63, 3.8) is 0 Å². The molecule has 12 nitrogen and oxygen atoms in total. The van der Waals surface area contributed by atoms with E-state index in [4.69, 9.17) is 42.0 Å². The van der Waals surface area contributed by atoms with E-state index in [0.29, 0.717) is 30.4 Å². The summed E-state index contributed by atoms with van der Waals surface area (Å²) in [6.07, 6.45) is 1.78. The second kappa shape index (κ2) is 8.97. The fourth-order valence-electron chi connectivity index (χ4n) is 9.48. The summed E-state index contributed by atoms with van der Waals surface area (Å²) in [7, 11) is 0. The quantitative estimate of drug-likeness (QED) is 0.175. The van der Waals surface area contributed by atoms with Gasteiger partial charge in [-0.2, -0.15) is 0 Å². The molecule has 248 valence electrons. The first kappa shape index (κ1) is 29.3. The fourth-order valence-corrected chi connectivity index (χ4v) is 9.48. The van der Waals surface area contributed by atoms with E-state index in [1.54, 1.807) is 39.0 Å². The number of esters is 2. The van der Waals surface area contributed by atoms with Gasteiger partial charge in [-0.3, -0.25) is 0 Å². The van der Waals surface area contributed by atoms with Crippen LogP contribution in [0, 0.1) is 17.3 Å². The second-order valence-electron chi connectivity index (χ2n) is 15.2. The molecule has 4 aliphatic heterocycles. The first-order chi connectivity index (χ1) is 22.3. The molecule has 3 saturated heterocycles. The Morgan fingerprint density at radius 2 is 1.72 bits per heavy atom. The van der Waals surface area contributed by atoms with Gasteiger partial charge < -0.3 is 42.0 Å². The Labute approximate surface area is 270 Å². The van der Waals surface area contributed by atoms with E-state index in [0.717, 1.165) is 0 Å². The molecule has 9 rings (SSSR count). The molecular formula is C35H36O12. The van der Waals surface area contributed by atoms with Crippen LogP contribution >= 0.6 is 0 Å². The highest BCUT2D eigenvalue weighted by Crippen LogP contribution is 2.83. The lowest BCUT2D eigenvalue weighted by molar-refractivity contribution is -0.133. The zero-order chi connectivity index (χ0) is 32.9. The number of furan rings is 2. The van der Waals surface area contributed by atoms with E-state index >= 15 is 0 Å². The molecule has 9 atom stereocenters. The first-order valence-corrected chi connectivity index (χ1v) is 16.2. The van der Waals surface area contributed by atoms with Crippen molar-refractivity contribution >= 4 is 23.9 Å². The number of hydrogen-bond donors (Lipinski definition) is 0. The number of ether oxygens (including phenoxy) is 7. The number of carbonyl (C=O) groups excluding carboxylic acids is 3. The molecule has 2 spiro atoms. The number of cyclic esters (lactones) is 1. The minimum atomic E-state index is -0.960. The molecule has 0 aromatic carbocycles. The van der Waals surface area contributed by atoms with Gasteiger partial charge in [0.2, 0.25) is 11.5 Å². The number of allylic oxidation sites excluding steroid dienone is 1. The van der Waals surface area contributed by atoms with Gasteiger partial charge in [0.25, 0.3) is 0 Å². The lowest BCUT2D eigenvalue weighted by Gasteiger charge is -2.53. The number of epoxide rings is 3. The summed E-state index contributed by atoms with van der Waals surface area (Å²) in [5, 5.41) is 0. The van der Waals surface area contributed by atoms with Crippen LogP contribution < -0.4 is 0 Å². The topological polar surface area (TPSA) is 152 Å². The highest BCUT2D eigenvalue weighted by molar-refractivity contribution is 5.98. The summed E-state index contributed by atoms with van der Waals surface area (Å²) in [6.45, 7) is 11.6. The van der Waals surface area contributed by atoms with Crippen molar-refractivity contribution in [1.82, 2.24) is 0 Å². The maximum absolute atomic E-state index is 13.5. The van der Waals surface area contributed by atoms with Gasteiger partial charge in [0.1, 0.15) is 29.0 Å². The second-order valence-corrected chi connectivity index (χ2v) is 15.2. The average molecular weight is 649 g/mol. The third kappa shape index (κ3) is 3.56. The van der Waals surface area contributed by atoms with E-state index in [1.165, 1.54) is 18.6 Å².